The maximum absolute atomic E-state index is 12.7. The van der Waals surface area contributed by atoms with Crippen molar-refractivity contribution >= 4 is 11.6 Å². The minimum Gasteiger partial charge on any atom is -0.433 e. The van der Waals surface area contributed by atoms with E-state index in [-0.39, 0.29) is 11.8 Å². The molecule has 0 amide bonds. The lowest BCUT2D eigenvalue weighted by atomic mass is 10.2. The molecule has 0 aliphatic carbocycles. The first-order chi connectivity index (χ1) is 14.1. The molecule has 2 N–H and O–H groups in total. The van der Waals surface area contributed by atoms with Gasteiger partial charge in [0.15, 0.2) is 11.8 Å². The monoisotopic (exact) mass is 405 g/mol. The lowest BCUT2D eigenvalue weighted by Gasteiger charge is -2.22. The van der Waals surface area contributed by atoms with E-state index in [4.69, 9.17) is 0 Å². The molecule has 29 heavy (non-hydrogen) atoms. The van der Waals surface area contributed by atoms with Gasteiger partial charge in [-0.25, -0.2) is 0 Å². The quantitative estimate of drug-likeness (QED) is 0.563. The zero-order valence-electron chi connectivity index (χ0n) is 16.3. The largest absolute Gasteiger partial charge is 0.433 e. The third-order valence-corrected chi connectivity index (χ3v) is 5.27. The fourth-order valence-electron chi connectivity index (χ4n) is 3.90. The molecule has 1 aromatic heterocycles. The molecule has 2 aliphatic rings. The van der Waals surface area contributed by atoms with Gasteiger partial charge in [-0.3, -0.25) is 4.99 Å². The van der Waals surface area contributed by atoms with Crippen molar-refractivity contribution in [2.24, 2.45) is 4.99 Å². The Labute approximate surface area is 168 Å². The zero-order chi connectivity index (χ0) is 20.2. The lowest BCUT2D eigenvalue weighted by molar-refractivity contribution is -0.0495. The fourth-order valence-corrected chi connectivity index (χ4v) is 3.90. The number of ether oxygens (including phenoxy) is 1. The van der Waals surface area contributed by atoms with Crippen LogP contribution < -0.4 is 20.3 Å². The van der Waals surface area contributed by atoms with E-state index in [1.807, 2.05) is 11.0 Å². The minimum atomic E-state index is -2.84. The Hall–Kier alpha value is -2.91. The van der Waals surface area contributed by atoms with Crippen molar-refractivity contribution in [2.45, 2.75) is 45.0 Å². The number of nitrogens with zero attached hydrogens (tertiary/aromatic N) is 5. The molecule has 0 radical (unpaired) electrons. The van der Waals surface area contributed by atoms with Gasteiger partial charge in [-0.15, -0.1) is 10.2 Å². The van der Waals surface area contributed by atoms with Gasteiger partial charge in [-0.2, -0.15) is 8.78 Å². The molecule has 8 nitrogen and oxygen atoms in total. The summed E-state index contributed by atoms with van der Waals surface area (Å²) in [6.45, 7) is 0.0898. The first-order valence-electron chi connectivity index (χ1n) is 9.81. The topological polar surface area (TPSA) is 79.6 Å². The van der Waals surface area contributed by atoms with E-state index in [1.165, 1.54) is 0 Å². The van der Waals surface area contributed by atoms with Crippen LogP contribution in [-0.2, 0) is 19.5 Å². The van der Waals surface area contributed by atoms with Crippen LogP contribution in [0, 0.1) is 0 Å². The van der Waals surface area contributed by atoms with Crippen molar-refractivity contribution in [3.05, 3.63) is 35.9 Å². The highest BCUT2D eigenvalue weighted by atomic mass is 19.3. The SMILES string of the molecule is CN=C(NCc1nnc2n1CCC2)NC1CCN(c2ccccc2OC(F)F)C1. The lowest BCUT2D eigenvalue weighted by Crippen LogP contribution is -2.44. The van der Waals surface area contributed by atoms with Gasteiger partial charge in [0.05, 0.1) is 12.2 Å². The number of halogens is 2. The number of guanidine groups is 1. The van der Waals surface area contributed by atoms with Gasteiger partial charge in [-0.05, 0) is 25.0 Å². The second kappa shape index (κ2) is 8.62. The molecule has 2 aliphatic heterocycles. The maximum Gasteiger partial charge on any atom is 0.387 e. The molecular formula is C19H25F2N7O. The number of rotatable bonds is 6. The first-order valence-corrected chi connectivity index (χ1v) is 9.81. The molecule has 1 saturated heterocycles. The number of alkyl halides is 2. The molecule has 10 heteroatoms. The summed E-state index contributed by atoms with van der Waals surface area (Å²) in [6.07, 6.45) is 2.96. The number of aliphatic imine (C=N–C) groups is 1. The predicted octanol–water partition coefficient (Wildman–Crippen LogP) is 1.77. The van der Waals surface area contributed by atoms with Crippen LogP contribution in [0.1, 0.15) is 24.5 Å². The maximum atomic E-state index is 12.7. The molecule has 1 fully saturated rings. The number of para-hydroxylation sites is 2. The van der Waals surface area contributed by atoms with Crippen LogP contribution >= 0.6 is 0 Å². The number of hydrogen-bond donors (Lipinski definition) is 2. The zero-order valence-corrected chi connectivity index (χ0v) is 16.3. The molecule has 0 saturated carbocycles. The van der Waals surface area contributed by atoms with Crippen LogP contribution in [0.3, 0.4) is 0 Å². The molecular weight excluding hydrogens is 380 g/mol. The average Bonchev–Trinajstić information content (AvgIpc) is 3.43. The Morgan fingerprint density at radius 1 is 1.31 bits per heavy atom. The summed E-state index contributed by atoms with van der Waals surface area (Å²) >= 11 is 0. The van der Waals surface area contributed by atoms with Crippen LogP contribution in [0.5, 0.6) is 5.75 Å². The van der Waals surface area contributed by atoms with E-state index >= 15 is 0 Å². The number of aryl methyl sites for hydroxylation is 1. The van der Waals surface area contributed by atoms with Crippen LogP contribution in [-0.4, -0.2) is 53.5 Å². The predicted molar refractivity (Wildman–Crippen MR) is 105 cm³/mol. The summed E-state index contributed by atoms with van der Waals surface area (Å²) in [4.78, 5) is 6.34. The molecule has 4 rings (SSSR count). The summed E-state index contributed by atoms with van der Waals surface area (Å²) in [5.74, 6) is 2.84. The standard InChI is InChI=1S/C19H25F2N7O/c1-22-19(23-11-17-26-25-16-7-4-9-28(16)17)24-13-8-10-27(12-13)14-5-2-3-6-15(14)29-18(20)21/h2-3,5-6,13,18H,4,7-12H2,1H3,(H2,22,23,24). The van der Waals surface area contributed by atoms with Gasteiger partial charge in [0.25, 0.3) is 0 Å². The minimum absolute atomic E-state index is 0.143. The number of aromatic nitrogens is 3. The highest BCUT2D eigenvalue weighted by Crippen LogP contribution is 2.31. The van der Waals surface area contributed by atoms with Crippen molar-refractivity contribution in [1.29, 1.82) is 0 Å². The van der Waals surface area contributed by atoms with Crippen LogP contribution in [0.15, 0.2) is 29.3 Å². The number of benzene rings is 1. The third kappa shape index (κ3) is 4.41. The van der Waals surface area contributed by atoms with E-state index in [1.54, 1.807) is 25.2 Å². The fraction of sp³-hybridized carbons (Fsp3) is 0.526. The van der Waals surface area contributed by atoms with E-state index in [2.05, 4.69) is 35.1 Å². The number of hydrogen-bond acceptors (Lipinski definition) is 5. The van der Waals surface area contributed by atoms with Crippen molar-refractivity contribution in [3.8, 4) is 5.75 Å². The normalized spacial score (nSPS) is 19.0. The second-order valence-electron chi connectivity index (χ2n) is 7.14. The third-order valence-electron chi connectivity index (χ3n) is 5.27. The molecule has 0 spiro atoms. The number of nitrogens with one attached hydrogen (secondary N) is 2. The summed E-state index contributed by atoms with van der Waals surface area (Å²) in [6, 6.07) is 7.04. The highest BCUT2D eigenvalue weighted by Gasteiger charge is 2.26. The molecule has 156 valence electrons. The molecule has 1 unspecified atom stereocenters. The Morgan fingerprint density at radius 2 is 2.17 bits per heavy atom. The molecule has 1 atom stereocenters. The average molecular weight is 405 g/mol. The molecule has 3 heterocycles. The van der Waals surface area contributed by atoms with E-state index < -0.39 is 6.61 Å². The first kappa shape index (κ1) is 19.4. The Kier molecular flexibility index (Phi) is 5.77. The summed E-state index contributed by atoms with van der Waals surface area (Å²) in [5.41, 5.74) is 0.680. The molecule has 0 bridgehead atoms. The Balaban J connectivity index is 1.33. The second-order valence-corrected chi connectivity index (χ2v) is 7.14. The summed E-state index contributed by atoms with van der Waals surface area (Å²) in [7, 11) is 1.72. The van der Waals surface area contributed by atoms with Crippen molar-refractivity contribution < 1.29 is 13.5 Å². The van der Waals surface area contributed by atoms with Crippen molar-refractivity contribution in [2.75, 3.05) is 25.0 Å². The van der Waals surface area contributed by atoms with Crippen molar-refractivity contribution in [1.82, 2.24) is 25.4 Å². The van der Waals surface area contributed by atoms with Gasteiger partial charge in [0.2, 0.25) is 0 Å². The van der Waals surface area contributed by atoms with Crippen LogP contribution in [0.25, 0.3) is 0 Å². The van der Waals surface area contributed by atoms with E-state index in [0.29, 0.717) is 24.7 Å². The Bertz CT molecular complexity index is 870. The van der Waals surface area contributed by atoms with E-state index in [9.17, 15) is 8.78 Å². The van der Waals surface area contributed by atoms with E-state index in [0.717, 1.165) is 44.0 Å². The smallest absolute Gasteiger partial charge is 0.387 e. The molecule has 2 aromatic rings. The van der Waals surface area contributed by atoms with Crippen LogP contribution in [0.2, 0.25) is 0 Å². The summed E-state index contributed by atoms with van der Waals surface area (Å²) < 4.78 is 32.2. The number of anilines is 1. The van der Waals surface area contributed by atoms with Gasteiger partial charge < -0.3 is 24.8 Å². The van der Waals surface area contributed by atoms with Gasteiger partial charge in [0.1, 0.15) is 11.6 Å². The highest BCUT2D eigenvalue weighted by molar-refractivity contribution is 5.80. The van der Waals surface area contributed by atoms with Crippen LogP contribution in [0.4, 0.5) is 14.5 Å². The number of fused-ring (bicyclic) bond motifs is 1. The molecule has 1 aromatic carbocycles. The van der Waals surface area contributed by atoms with Gasteiger partial charge in [0, 0.05) is 39.1 Å². The summed E-state index contributed by atoms with van der Waals surface area (Å²) in [5, 5.41) is 15.2. The van der Waals surface area contributed by atoms with Gasteiger partial charge in [-0.1, -0.05) is 12.1 Å². The van der Waals surface area contributed by atoms with Crippen molar-refractivity contribution in [3.63, 3.8) is 0 Å². The van der Waals surface area contributed by atoms with Gasteiger partial charge >= 0.3 is 6.61 Å². The Morgan fingerprint density at radius 3 is 3.00 bits per heavy atom.